The molecule has 0 radical (unpaired) electrons. The van der Waals surface area contributed by atoms with Gasteiger partial charge in [0.1, 0.15) is 12.7 Å². The molecule has 0 unspecified atom stereocenters. The molecule has 0 spiro atoms. The molecule has 1 fully saturated rings. The first-order valence-electron chi connectivity index (χ1n) is 7.34. The number of hydrogen-bond acceptors (Lipinski definition) is 6. The lowest BCUT2D eigenvalue weighted by Gasteiger charge is -2.36. The molecule has 1 aliphatic heterocycles. The molecule has 6 nitrogen and oxygen atoms in total. The Hall–Kier alpha value is -2.02. The van der Waals surface area contributed by atoms with Gasteiger partial charge >= 0.3 is 5.97 Å². The number of hydrogen-bond donors (Lipinski definition) is 1. The number of carbonyl (C=O) groups excluding carboxylic acids is 2. The summed E-state index contributed by atoms with van der Waals surface area (Å²) in [5.41, 5.74) is -1.05. The van der Waals surface area contributed by atoms with E-state index in [1.807, 2.05) is 0 Å². The number of fused-ring (bicyclic) bond motifs is 1. The standard InChI is InChI=1S/C17H18O6/c1-16(2)22-14-12(18)8-9-13(19)17(14,23-16)10-21-15(20)11-6-4-3-5-7-11/h3-9,13-14,19H,10H2,1-2H3/t13-,14-,17+/m1/s1. The molecular weight excluding hydrogens is 300 g/mol. The van der Waals surface area contributed by atoms with Gasteiger partial charge < -0.3 is 19.3 Å². The van der Waals surface area contributed by atoms with Crippen LogP contribution in [0.25, 0.3) is 0 Å². The number of aliphatic hydroxyl groups is 1. The minimum absolute atomic E-state index is 0.286. The summed E-state index contributed by atoms with van der Waals surface area (Å²) in [5.74, 6) is -1.94. The van der Waals surface area contributed by atoms with Crippen molar-refractivity contribution >= 4 is 11.8 Å². The first-order chi connectivity index (χ1) is 10.8. The van der Waals surface area contributed by atoms with Crippen LogP contribution in [0.1, 0.15) is 24.2 Å². The number of esters is 1. The van der Waals surface area contributed by atoms with Gasteiger partial charge in [0.25, 0.3) is 0 Å². The summed E-state index contributed by atoms with van der Waals surface area (Å²) < 4.78 is 16.7. The van der Waals surface area contributed by atoms with Crippen LogP contribution < -0.4 is 0 Å². The number of ether oxygens (including phenoxy) is 3. The van der Waals surface area contributed by atoms with Gasteiger partial charge in [0.15, 0.2) is 23.3 Å². The van der Waals surface area contributed by atoms with Crippen molar-refractivity contribution in [3.63, 3.8) is 0 Å². The quantitative estimate of drug-likeness (QED) is 0.844. The maximum Gasteiger partial charge on any atom is 0.338 e. The normalized spacial score (nSPS) is 31.7. The second-order valence-electron chi connectivity index (χ2n) is 6.10. The van der Waals surface area contributed by atoms with E-state index >= 15 is 0 Å². The smallest absolute Gasteiger partial charge is 0.338 e. The Morgan fingerprint density at radius 1 is 1.30 bits per heavy atom. The fraction of sp³-hybridized carbons (Fsp3) is 0.412. The number of carbonyl (C=O) groups is 2. The van der Waals surface area contributed by atoms with Gasteiger partial charge in [0.05, 0.1) is 5.56 Å². The first kappa shape index (κ1) is 15.9. The Kier molecular flexibility index (Phi) is 3.83. The molecule has 1 aromatic carbocycles. The second-order valence-corrected chi connectivity index (χ2v) is 6.10. The van der Waals surface area contributed by atoms with Crippen molar-refractivity contribution < 1.29 is 28.9 Å². The molecule has 23 heavy (non-hydrogen) atoms. The Balaban J connectivity index is 1.82. The van der Waals surface area contributed by atoms with Gasteiger partial charge in [0, 0.05) is 0 Å². The molecule has 0 aromatic heterocycles. The molecule has 1 heterocycles. The third-order valence-corrected chi connectivity index (χ3v) is 3.92. The van der Waals surface area contributed by atoms with Crippen molar-refractivity contribution in [3.05, 3.63) is 48.0 Å². The summed E-state index contributed by atoms with van der Waals surface area (Å²) in [6, 6.07) is 8.47. The zero-order valence-corrected chi connectivity index (χ0v) is 12.9. The molecule has 1 N–H and O–H groups in total. The zero-order valence-electron chi connectivity index (χ0n) is 12.9. The van der Waals surface area contributed by atoms with Gasteiger partial charge in [-0.1, -0.05) is 18.2 Å². The molecule has 122 valence electrons. The van der Waals surface area contributed by atoms with E-state index in [2.05, 4.69) is 0 Å². The lowest BCUT2D eigenvalue weighted by atomic mass is 9.84. The molecule has 1 aromatic rings. The van der Waals surface area contributed by atoms with Crippen LogP contribution in [0.2, 0.25) is 0 Å². The van der Waals surface area contributed by atoms with Gasteiger partial charge in [-0.2, -0.15) is 0 Å². The average molecular weight is 318 g/mol. The topological polar surface area (TPSA) is 82.1 Å². The molecule has 0 bridgehead atoms. The van der Waals surface area contributed by atoms with Gasteiger partial charge in [-0.25, -0.2) is 4.79 Å². The van der Waals surface area contributed by atoms with Crippen LogP contribution in [0.15, 0.2) is 42.5 Å². The van der Waals surface area contributed by atoms with Crippen LogP contribution in [-0.4, -0.2) is 47.1 Å². The summed E-state index contributed by atoms with van der Waals surface area (Å²) in [5, 5.41) is 10.3. The second kappa shape index (κ2) is 5.56. The van der Waals surface area contributed by atoms with E-state index in [-0.39, 0.29) is 12.4 Å². The van der Waals surface area contributed by atoms with Crippen LogP contribution >= 0.6 is 0 Å². The first-order valence-corrected chi connectivity index (χ1v) is 7.34. The number of benzene rings is 1. The largest absolute Gasteiger partial charge is 0.459 e. The van der Waals surface area contributed by atoms with Crippen LogP contribution in [0.3, 0.4) is 0 Å². The third kappa shape index (κ3) is 2.81. The Labute approximate surface area is 133 Å². The Morgan fingerprint density at radius 3 is 2.70 bits per heavy atom. The van der Waals surface area contributed by atoms with Crippen molar-refractivity contribution in [1.82, 2.24) is 0 Å². The van der Waals surface area contributed by atoms with Crippen molar-refractivity contribution in [3.8, 4) is 0 Å². The molecule has 0 amide bonds. The van der Waals surface area contributed by atoms with E-state index in [1.165, 1.54) is 12.2 Å². The van der Waals surface area contributed by atoms with Crippen molar-refractivity contribution in [2.75, 3.05) is 6.61 Å². The summed E-state index contributed by atoms with van der Waals surface area (Å²) in [7, 11) is 0. The van der Waals surface area contributed by atoms with Crippen molar-refractivity contribution in [2.45, 2.75) is 37.4 Å². The molecule has 6 heteroatoms. The minimum atomic E-state index is -1.43. The monoisotopic (exact) mass is 318 g/mol. The van der Waals surface area contributed by atoms with E-state index in [1.54, 1.807) is 44.2 Å². The molecule has 3 atom stereocenters. The summed E-state index contributed by atoms with van der Waals surface area (Å²) >= 11 is 0. The number of rotatable bonds is 3. The van der Waals surface area contributed by atoms with Crippen LogP contribution in [0.5, 0.6) is 0 Å². The number of ketones is 1. The maximum absolute atomic E-state index is 12.1. The lowest BCUT2D eigenvalue weighted by molar-refractivity contribution is -0.188. The SMILES string of the molecule is CC1(C)O[C@@H]2C(=O)C=C[C@@H](O)[C@]2(COC(=O)c2ccccc2)O1. The fourth-order valence-electron chi connectivity index (χ4n) is 2.90. The molecule has 3 rings (SSSR count). The predicted molar refractivity (Wildman–Crippen MR) is 79.6 cm³/mol. The highest BCUT2D eigenvalue weighted by Gasteiger charge is 2.61. The molecule has 1 saturated heterocycles. The van der Waals surface area contributed by atoms with Gasteiger partial charge in [0.2, 0.25) is 0 Å². The molecule has 1 aliphatic carbocycles. The molecular formula is C17H18O6. The van der Waals surface area contributed by atoms with Gasteiger partial charge in [-0.15, -0.1) is 0 Å². The molecule has 2 aliphatic rings. The lowest BCUT2D eigenvalue weighted by Crippen LogP contribution is -2.58. The highest BCUT2D eigenvalue weighted by atomic mass is 16.8. The third-order valence-electron chi connectivity index (χ3n) is 3.92. The van der Waals surface area contributed by atoms with Crippen molar-refractivity contribution in [2.24, 2.45) is 0 Å². The van der Waals surface area contributed by atoms with E-state index < -0.39 is 29.6 Å². The highest BCUT2D eigenvalue weighted by molar-refractivity contribution is 5.96. The summed E-state index contributed by atoms with van der Waals surface area (Å²) in [6.07, 6.45) is 0.466. The van der Waals surface area contributed by atoms with Crippen LogP contribution in [0.4, 0.5) is 0 Å². The highest BCUT2D eigenvalue weighted by Crippen LogP contribution is 2.42. The van der Waals surface area contributed by atoms with E-state index in [9.17, 15) is 14.7 Å². The van der Waals surface area contributed by atoms with Crippen LogP contribution in [-0.2, 0) is 19.0 Å². The minimum Gasteiger partial charge on any atom is -0.459 e. The van der Waals surface area contributed by atoms with E-state index in [0.717, 1.165) is 0 Å². The number of aliphatic hydroxyl groups excluding tert-OH is 1. The summed E-state index contributed by atoms with van der Waals surface area (Å²) in [6.45, 7) is 3.00. The van der Waals surface area contributed by atoms with Gasteiger partial charge in [-0.05, 0) is 38.1 Å². The zero-order chi connectivity index (χ0) is 16.7. The van der Waals surface area contributed by atoms with E-state index in [4.69, 9.17) is 14.2 Å². The Bertz CT molecular complexity index is 650. The van der Waals surface area contributed by atoms with E-state index in [0.29, 0.717) is 5.56 Å². The van der Waals surface area contributed by atoms with Crippen LogP contribution in [0, 0.1) is 0 Å². The molecule has 0 saturated carbocycles. The summed E-state index contributed by atoms with van der Waals surface area (Å²) in [4.78, 5) is 24.2. The van der Waals surface area contributed by atoms with Crippen molar-refractivity contribution in [1.29, 1.82) is 0 Å². The fourth-order valence-corrected chi connectivity index (χ4v) is 2.90. The van der Waals surface area contributed by atoms with Gasteiger partial charge in [-0.3, -0.25) is 4.79 Å². The predicted octanol–water partition coefficient (Wildman–Crippen LogP) is 1.23. The average Bonchev–Trinajstić information content (AvgIpc) is 2.83. The maximum atomic E-state index is 12.1. The Morgan fingerprint density at radius 2 is 2.00 bits per heavy atom.